The smallest absolute Gasteiger partial charge is 0.311 e. The van der Waals surface area contributed by atoms with Crippen LogP contribution in [0.2, 0.25) is 0 Å². The lowest BCUT2D eigenvalue weighted by molar-refractivity contribution is -0.385. The summed E-state index contributed by atoms with van der Waals surface area (Å²) in [5.74, 6) is -1.82. The van der Waals surface area contributed by atoms with Crippen molar-refractivity contribution < 1.29 is 23.6 Å². The molecule has 0 saturated heterocycles. The number of nitro groups is 1. The Bertz CT molecular complexity index is 807. The SMILES string of the molecule is CC(=O)c1cccc(NC(=O)COc2cc(F)ccc2[N+](=O)[O-])c1. The number of nitrogens with one attached hydrogen (secondary N) is 1. The molecule has 24 heavy (non-hydrogen) atoms. The highest BCUT2D eigenvalue weighted by Crippen LogP contribution is 2.27. The first-order valence-corrected chi connectivity index (χ1v) is 6.84. The molecule has 0 atom stereocenters. The van der Waals surface area contributed by atoms with Crippen molar-refractivity contribution in [2.75, 3.05) is 11.9 Å². The number of hydrogen-bond donors (Lipinski definition) is 1. The van der Waals surface area contributed by atoms with Crippen molar-refractivity contribution in [1.82, 2.24) is 0 Å². The predicted octanol–water partition coefficient (Wildman–Crippen LogP) is 2.95. The maximum absolute atomic E-state index is 13.2. The number of carbonyl (C=O) groups is 2. The van der Waals surface area contributed by atoms with Gasteiger partial charge < -0.3 is 10.1 Å². The number of ether oxygens (including phenoxy) is 1. The molecule has 8 heteroatoms. The van der Waals surface area contributed by atoms with E-state index in [9.17, 15) is 24.1 Å². The lowest BCUT2D eigenvalue weighted by atomic mass is 10.1. The van der Waals surface area contributed by atoms with Gasteiger partial charge in [-0.25, -0.2) is 4.39 Å². The Kier molecular flexibility index (Phi) is 5.20. The second kappa shape index (κ2) is 7.32. The average Bonchev–Trinajstić information content (AvgIpc) is 2.53. The third-order valence-corrected chi connectivity index (χ3v) is 3.03. The lowest BCUT2D eigenvalue weighted by Gasteiger charge is -2.08. The van der Waals surface area contributed by atoms with E-state index in [1.54, 1.807) is 18.2 Å². The molecule has 0 radical (unpaired) electrons. The summed E-state index contributed by atoms with van der Waals surface area (Å²) < 4.78 is 18.2. The zero-order valence-electron chi connectivity index (χ0n) is 12.6. The number of halogens is 1. The first-order chi connectivity index (χ1) is 11.4. The second-order valence-corrected chi connectivity index (χ2v) is 4.84. The van der Waals surface area contributed by atoms with Crippen LogP contribution in [0.5, 0.6) is 5.75 Å². The third kappa shape index (κ3) is 4.35. The maximum atomic E-state index is 13.2. The zero-order chi connectivity index (χ0) is 17.7. The van der Waals surface area contributed by atoms with Crippen molar-refractivity contribution in [3.8, 4) is 5.75 Å². The van der Waals surface area contributed by atoms with Gasteiger partial charge in [-0.05, 0) is 25.1 Å². The molecule has 0 aliphatic heterocycles. The van der Waals surface area contributed by atoms with Gasteiger partial charge in [-0.2, -0.15) is 0 Å². The fourth-order valence-corrected chi connectivity index (χ4v) is 1.91. The van der Waals surface area contributed by atoms with E-state index >= 15 is 0 Å². The molecule has 2 aromatic rings. The first kappa shape index (κ1) is 17.1. The number of ketones is 1. The monoisotopic (exact) mass is 332 g/mol. The van der Waals surface area contributed by atoms with Gasteiger partial charge in [0.2, 0.25) is 5.75 Å². The third-order valence-electron chi connectivity index (χ3n) is 3.03. The van der Waals surface area contributed by atoms with E-state index in [-0.39, 0.29) is 11.5 Å². The van der Waals surface area contributed by atoms with Crippen LogP contribution in [0.4, 0.5) is 15.8 Å². The van der Waals surface area contributed by atoms with Crippen LogP contribution in [0, 0.1) is 15.9 Å². The number of Topliss-reactive ketones (excluding diaryl/α,β-unsaturated/α-hetero) is 1. The number of hydrogen-bond acceptors (Lipinski definition) is 5. The minimum Gasteiger partial charge on any atom is -0.477 e. The quantitative estimate of drug-likeness (QED) is 0.498. The Morgan fingerprint density at radius 3 is 2.67 bits per heavy atom. The van der Waals surface area contributed by atoms with Gasteiger partial charge in [-0.1, -0.05) is 12.1 Å². The van der Waals surface area contributed by atoms with Crippen LogP contribution in [-0.2, 0) is 4.79 Å². The molecule has 0 aromatic heterocycles. The average molecular weight is 332 g/mol. The van der Waals surface area contributed by atoms with Crippen molar-refractivity contribution in [1.29, 1.82) is 0 Å². The molecule has 0 fully saturated rings. The molecule has 1 N–H and O–H groups in total. The van der Waals surface area contributed by atoms with E-state index in [1.165, 1.54) is 13.0 Å². The topological polar surface area (TPSA) is 98.5 Å². The largest absolute Gasteiger partial charge is 0.477 e. The van der Waals surface area contributed by atoms with Crippen LogP contribution in [-0.4, -0.2) is 23.2 Å². The van der Waals surface area contributed by atoms with E-state index in [1.807, 2.05) is 0 Å². The Labute approximate surface area is 136 Å². The number of nitrogens with zero attached hydrogens (tertiary/aromatic N) is 1. The van der Waals surface area contributed by atoms with Crippen LogP contribution >= 0.6 is 0 Å². The summed E-state index contributed by atoms with van der Waals surface area (Å²) in [7, 11) is 0. The maximum Gasteiger partial charge on any atom is 0.311 e. The molecule has 2 aromatic carbocycles. The highest BCUT2D eigenvalue weighted by Gasteiger charge is 2.17. The fourth-order valence-electron chi connectivity index (χ4n) is 1.91. The van der Waals surface area contributed by atoms with E-state index in [2.05, 4.69) is 5.32 Å². The molecule has 124 valence electrons. The summed E-state index contributed by atoms with van der Waals surface area (Å²) in [4.78, 5) is 33.2. The standard InChI is InChI=1S/C16H13FN2O5/c1-10(20)11-3-2-4-13(7-11)18-16(21)9-24-15-8-12(17)5-6-14(15)19(22)23/h2-8H,9H2,1H3,(H,18,21). The van der Waals surface area contributed by atoms with Gasteiger partial charge in [0.15, 0.2) is 12.4 Å². The molecular weight excluding hydrogens is 319 g/mol. The van der Waals surface area contributed by atoms with Crippen LogP contribution < -0.4 is 10.1 Å². The van der Waals surface area contributed by atoms with Crippen molar-refractivity contribution in [3.63, 3.8) is 0 Å². The number of rotatable bonds is 6. The van der Waals surface area contributed by atoms with Gasteiger partial charge >= 0.3 is 5.69 Å². The first-order valence-electron chi connectivity index (χ1n) is 6.84. The highest BCUT2D eigenvalue weighted by atomic mass is 19.1. The van der Waals surface area contributed by atoms with E-state index in [0.29, 0.717) is 11.3 Å². The molecule has 1 amide bonds. The summed E-state index contributed by atoms with van der Waals surface area (Å²) in [6.07, 6.45) is 0. The summed E-state index contributed by atoms with van der Waals surface area (Å²) in [5, 5.41) is 13.3. The summed E-state index contributed by atoms with van der Waals surface area (Å²) in [6.45, 7) is 0.849. The minimum atomic E-state index is -0.733. The van der Waals surface area contributed by atoms with Crippen molar-refractivity contribution >= 4 is 23.1 Å². The van der Waals surface area contributed by atoms with Gasteiger partial charge in [-0.3, -0.25) is 19.7 Å². The molecule has 0 unspecified atom stereocenters. The molecule has 0 spiro atoms. The number of amides is 1. The minimum absolute atomic E-state index is 0.155. The Morgan fingerprint density at radius 1 is 1.25 bits per heavy atom. The van der Waals surface area contributed by atoms with Gasteiger partial charge in [0.25, 0.3) is 5.91 Å². The molecule has 0 aliphatic carbocycles. The summed E-state index contributed by atoms with van der Waals surface area (Å²) in [6, 6.07) is 8.99. The van der Waals surface area contributed by atoms with Crippen LogP contribution in [0.3, 0.4) is 0 Å². The van der Waals surface area contributed by atoms with Crippen molar-refractivity contribution in [3.05, 3.63) is 64.0 Å². The van der Waals surface area contributed by atoms with Crippen molar-refractivity contribution in [2.24, 2.45) is 0 Å². The highest BCUT2D eigenvalue weighted by molar-refractivity contribution is 5.97. The molecule has 7 nitrogen and oxygen atoms in total. The Morgan fingerprint density at radius 2 is 2.00 bits per heavy atom. The Hall–Kier alpha value is -3.29. The van der Waals surface area contributed by atoms with Gasteiger partial charge in [0.05, 0.1) is 4.92 Å². The lowest BCUT2D eigenvalue weighted by Crippen LogP contribution is -2.20. The normalized spacial score (nSPS) is 10.1. The van der Waals surface area contributed by atoms with E-state index < -0.39 is 28.9 Å². The van der Waals surface area contributed by atoms with Crippen LogP contribution in [0.1, 0.15) is 17.3 Å². The molecule has 0 heterocycles. The van der Waals surface area contributed by atoms with E-state index in [4.69, 9.17) is 4.74 Å². The number of nitro benzene ring substituents is 1. The molecule has 0 saturated carbocycles. The summed E-state index contributed by atoms with van der Waals surface area (Å²) in [5.41, 5.74) is 0.363. The predicted molar refractivity (Wildman–Crippen MR) is 83.6 cm³/mol. The molecule has 0 bridgehead atoms. The van der Waals surface area contributed by atoms with E-state index in [0.717, 1.165) is 18.2 Å². The van der Waals surface area contributed by atoms with Crippen LogP contribution in [0.15, 0.2) is 42.5 Å². The van der Waals surface area contributed by atoms with Gasteiger partial charge in [0.1, 0.15) is 5.82 Å². The second-order valence-electron chi connectivity index (χ2n) is 4.84. The van der Waals surface area contributed by atoms with Crippen LogP contribution in [0.25, 0.3) is 0 Å². The van der Waals surface area contributed by atoms with Gasteiger partial charge in [0, 0.05) is 23.4 Å². The number of benzene rings is 2. The fraction of sp³-hybridized carbons (Fsp3) is 0.125. The zero-order valence-corrected chi connectivity index (χ0v) is 12.6. The molecular formula is C16H13FN2O5. The number of anilines is 1. The number of carbonyl (C=O) groups excluding carboxylic acids is 2. The summed E-state index contributed by atoms with van der Waals surface area (Å²) >= 11 is 0. The van der Waals surface area contributed by atoms with Crippen molar-refractivity contribution in [2.45, 2.75) is 6.92 Å². The van der Waals surface area contributed by atoms with Gasteiger partial charge in [-0.15, -0.1) is 0 Å². The molecule has 0 aliphatic rings. The Balaban J connectivity index is 2.04. The molecule has 2 rings (SSSR count).